The Balaban J connectivity index is 2.20. The molecule has 0 aromatic heterocycles. The van der Waals surface area contributed by atoms with Crippen molar-refractivity contribution in [2.75, 3.05) is 6.54 Å². The van der Waals surface area contributed by atoms with Crippen LogP contribution in [-0.4, -0.2) is 28.3 Å². The molecule has 0 atom stereocenters. The molecule has 140 valence electrons. The molecule has 0 spiro atoms. The fourth-order valence-electron chi connectivity index (χ4n) is 2.80. The van der Waals surface area contributed by atoms with E-state index in [0.717, 1.165) is 11.1 Å². The molecule has 0 fully saturated rings. The summed E-state index contributed by atoms with van der Waals surface area (Å²) >= 11 is 0. The molecule has 0 bridgehead atoms. The molecular weight excluding hydrogens is 334 g/mol. The number of amides is 1. The third kappa shape index (κ3) is 6.00. The smallest absolute Gasteiger partial charge is 0.266 e. The zero-order chi connectivity index (χ0) is 19.6. The first kappa shape index (κ1) is 20.3. The Kier molecular flexibility index (Phi) is 7.63. The van der Waals surface area contributed by atoms with Crippen molar-refractivity contribution in [1.29, 1.82) is 5.26 Å². The van der Waals surface area contributed by atoms with Crippen LogP contribution < -0.4 is 0 Å². The number of hydrogen-bond donors (Lipinski definition) is 0. The first-order valence-corrected chi connectivity index (χ1v) is 9.30. The molecule has 4 heteroatoms. The normalized spacial score (nSPS) is 11.1. The Hall–Kier alpha value is -3.06. The fourth-order valence-corrected chi connectivity index (χ4v) is 2.80. The molecule has 0 aliphatic rings. The third-order valence-electron chi connectivity index (χ3n) is 4.38. The van der Waals surface area contributed by atoms with E-state index in [4.69, 9.17) is 0 Å². The Morgan fingerprint density at radius 1 is 1.00 bits per heavy atom. The average molecular weight is 361 g/mol. The number of carbonyl (C=O) groups is 1. The first-order chi connectivity index (χ1) is 13.0. The van der Waals surface area contributed by atoms with E-state index in [0.29, 0.717) is 19.6 Å². The van der Waals surface area contributed by atoms with Crippen molar-refractivity contribution in [3.05, 3.63) is 83.6 Å². The summed E-state index contributed by atoms with van der Waals surface area (Å²) in [6.45, 7) is 7.82. The van der Waals surface area contributed by atoms with Gasteiger partial charge < -0.3 is 9.80 Å². The van der Waals surface area contributed by atoms with Gasteiger partial charge in [-0.2, -0.15) is 5.26 Å². The Morgan fingerprint density at radius 2 is 1.52 bits per heavy atom. The Bertz CT molecular complexity index is 791. The van der Waals surface area contributed by atoms with Crippen molar-refractivity contribution in [3.8, 4) is 6.07 Å². The molecule has 0 N–H and O–H groups in total. The van der Waals surface area contributed by atoms with Gasteiger partial charge in [-0.25, -0.2) is 0 Å². The van der Waals surface area contributed by atoms with Gasteiger partial charge in [0.1, 0.15) is 11.6 Å². The highest BCUT2D eigenvalue weighted by atomic mass is 16.2. The quantitative estimate of drug-likeness (QED) is 0.519. The van der Waals surface area contributed by atoms with Crippen LogP contribution in [0.15, 0.2) is 72.4 Å². The van der Waals surface area contributed by atoms with Crippen molar-refractivity contribution in [2.24, 2.45) is 0 Å². The summed E-state index contributed by atoms with van der Waals surface area (Å²) in [4.78, 5) is 16.8. The van der Waals surface area contributed by atoms with E-state index >= 15 is 0 Å². The van der Waals surface area contributed by atoms with Crippen LogP contribution in [0.3, 0.4) is 0 Å². The van der Waals surface area contributed by atoms with Crippen LogP contribution in [0.1, 0.15) is 31.9 Å². The number of rotatable bonds is 8. The molecular formula is C23H27N3O. The van der Waals surface area contributed by atoms with Gasteiger partial charge in [0.2, 0.25) is 0 Å². The number of hydrogen-bond acceptors (Lipinski definition) is 3. The van der Waals surface area contributed by atoms with Gasteiger partial charge in [-0.05, 0) is 31.9 Å². The number of benzene rings is 2. The number of nitrogens with zero attached hydrogens (tertiary/aromatic N) is 3. The minimum absolute atomic E-state index is 0.00124. The van der Waals surface area contributed by atoms with Gasteiger partial charge in [-0.1, -0.05) is 60.7 Å². The second-order valence-corrected chi connectivity index (χ2v) is 6.72. The lowest BCUT2D eigenvalue weighted by Crippen LogP contribution is -2.37. The van der Waals surface area contributed by atoms with E-state index in [-0.39, 0.29) is 17.5 Å². The highest BCUT2D eigenvalue weighted by Gasteiger charge is 2.22. The molecule has 0 aliphatic carbocycles. The summed E-state index contributed by atoms with van der Waals surface area (Å²) in [6.07, 6.45) is 1.69. The van der Waals surface area contributed by atoms with Crippen LogP contribution >= 0.6 is 0 Å². The highest BCUT2D eigenvalue weighted by Crippen LogP contribution is 2.14. The van der Waals surface area contributed by atoms with E-state index in [1.165, 1.54) is 0 Å². The maximum Gasteiger partial charge on any atom is 0.266 e. The largest absolute Gasteiger partial charge is 0.372 e. The van der Waals surface area contributed by atoms with Gasteiger partial charge in [-0.15, -0.1) is 0 Å². The second kappa shape index (κ2) is 10.2. The molecule has 0 aliphatic heterocycles. The maximum absolute atomic E-state index is 13.0. The van der Waals surface area contributed by atoms with E-state index in [2.05, 4.69) is 6.07 Å². The summed E-state index contributed by atoms with van der Waals surface area (Å²) in [5, 5.41) is 9.61. The van der Waals surface area contributed by atoms with Gasteiger partial charge in [0.25, 0.3) is 5.91 Å². The Labute approximate surface area is 162 Å². The Morgan fingerprint density at radius 3 is 1.96 bits per heavy atom. The molecule has 0 saturated carbocycles. The SMILES string of the molecule is CCN(/C=C(/C#N)C(=O)N(Cc1ccccc1)C(C)C)Cc1ccccc1. The van der Waals surface area contributed by atoms with E-state index < -0.39 is 0 Å². The maximum atomic E-state index is 13.0. The fraction of sp³-hybridized carbons (Fsp3) is 0.304. The van der Waals surface area contributed by atoms with Crippen molar-refractivity contribution in [1.82, 2.24) is 9.80 Å². The standard InChI is InChI=1S/C23H27N3O/c1-4-25(16-20-11-7-5-8-12-20)18-22(15-24)23(27)26(19(2)3)17-21-13-9-6-10-14-21/h5-14,18-19H,4,16-17H2,1-3H3/b22-18-. The average Bonchev–Trinajstić information content (AvgIpc) is 2.70. The van der Waals surface area contributed by atoms with Crippen LogP contribution in [0.4, 0.5) is 0 Å². The molecule has 4 nitrogen and oxygen atoms in total. The number of nitriles is 1. The van der Waals surface area contributed by atoms with Crippen molar-refractivity contribution < 1.29 is 4.79 Å². The minimum atomic E-state index is -0.233. The summed E-state index contributed by atoms with van der Waals surface area (Å²) in [7, 11) is 0. The molecule has 2 aromatic carbocycles. The molecule has 2 rings (SSSR count). The molecule has 27 heavy (non-hydrogen) atoms. The molecule has 0 saturated heterocycles. The highest BCUT2D eigenvalue weighted by molar-refractivity contribution is 5.97. The van der Waals surface area contributed by atoms with Gasteiger partial charge in [0, 0.05) is 31.9 Å². The van der Waals surface area contributed by atoms with Gasteiger partial charge in [0.05, 0.1) is 0 Å². The third-order valence-corrected chi connectivity index (χ3v) is 4.38. The molecule has 1 amide bonds. The van der Waals surface area contributed by atoms with Gasteiger partial charge in [-0.3, -0.25) is 4.79 Å². The van der Waals surface area contributed by atoms with Gasteiger partial charge >= 0.3 is 0 Å². The van der Waals surface area contributed by atoms with Crippen molar-refractivity contribution >= 4 is 5.91 Å². The topological polar surface area (TPSA) is 47.3 Å². The van der Waals surface area contributed by atoms with E-state index in [1.807, 2.05) is 86.3 Å². The zero-order valence-electron chi connectivity index (χ0n) is 16.3. The first-order valence-electron chi connectivity index (χ1n) is 9.30. The molecule has 2 aromatic rings. The lowest BCUT2D eigenvalue weighted by atomic mass is 10.1. The molecule has 0 radical (unpaired) electrons. The lowest BCUT2D eigenvalue weighted by Gasteiger charge is -2.27. The lowest BCUT2D eigenvalue weighted by molar-refractivity contribution is -0.129. The second-order valence-electron chi connectivity index (χ2n) is 6.72. The summed E-state index contributed by atoms with van der Waals surface area (Å²) < 4.78 is 0. The molecule has 0 unspecified atom stereocenters. The van der Waals surface area contributed by atoms with E-state index in [1.54, 1.807) is 11.1 Å². The van der Waals surface area contributed by atoms with Crippen LogP contribution in [-0.2, 0) is 17.9 Å². The summed E-state index contributed by atoms with van der Waals surface area (Å²) in [5.74, 6) is -0.233. The van der Waals surface area contributed by atoms with Crippen LogP contribution in [0.5, 0.6) is 0 Å². The van der Waals surface area contributed by atoms with Crippen LogP contribution in [0.25, 0.3) is 0 Å². The number of carbonyl (C=O) groups excluding carboxylic acids is 1. The van der Waals surface area contributed by atoms with Crippen LogP contribution in [0.2, 0.25) is 0 Å². The minimum Gasteiger partial charge on any atom is -0.372 e. The van der Waals surface area contributed by atoms with Crippen molar-refractivity contribution in [3.63, 3.8) is 0 Å². The van der Waals surface area contributed by atoms with Gasteiger partial charge in [0.15, 0.2) is 0 Å². The summed E-state index contributed by atoms with van der Waals surface area (Å²) in [5.41, 5.74) is 2.36. The zero-order valence-corrected chi connectivity index (χ0v) is 16.3. The summed E-state index contributed by atoms with van der Waals surface area (Å²) in [6, 6.07) is 22.0. The van der Waals surface area contributed by atoms with Crippen molar-refractivity contribution in [2.45, 2.75) is 39.9 Å². The molecule has 0 heterocycles. The van der Waals surface area contributed by atoms with E-state index in [9.17, 15) is 10.1 Å². The van der Waals surface area contributed by atoms with Crippen LogP contribution in [0, 0.1) is 11.3 Å². The predicted molar refractivity (Wildman–Crippen MR) is 108 cm³/mol. The monoisotopic (exact) mass is 361 g/mol. The predicted octanol–water partition coefficient (Wildman–Crippen LogP) is 4.35.